The molecule has 1 saturated heterocycles. The summed E-state index contributed by atoms with van der Waals surface area (Å²) in [6.07, 6.45) is 4.00. The lowest BCUT2D eigenvalue weighted by Gasteiger charge is -2.39. The Labute approximate surface area is 104 Å². The number of hydrogen-bond donors (Lipinski definition) is 1. The van der Waals surface area contributed by atoms with Crippen LogP contribution in [0.25, 0.3) is 0 Å². The van der Waals surface area contributed by atoms with Gasteiger partial charge in [-0.2, -0.15) is 0 Å². The average molecular weight is 233 g/mol. The predicted molar refractivity (Wildman–Crippen MR) is 70.7 cm³/mol. The Hall–Kier alpha value is -0.860. The molecule has 17 heavy (non-hydrogen) atoms. The maximum absolute atomic E-state index is 9.02. The molecule has 0 saturated carbocycles. The molecule has 0 bridgehead atoms. The molecular weight excluding hydrogens is 210 g/mol. The fourth-order valence-corrected chi connectivity index (χ4v) is 2.75. The minimum Gasteiger partial charge on any atom is -0.392 e. The van der Waals surface area contributed by atoms with Gasteiger partial charge in [-0.25, -0.2) is 0 Å². The zero-order chi connectivity index (χ0) is 12.3. The number of hydrogen-bond acceptors (Lipinski definition) is 2. The summed E-state index contributed by atoms with van der Waals surface area (Å²) >= 11 is 0. The molecule has 0 spiro atoms. The largest absolute Gasteiger partial charge is 0.392 e. The maximum Gasteiger partial charge on any atom is 0.0681 e. The number of rotatable bonds is 3. The van der Waals surface area contributed by atoms with E-state index in [0.29, 0.717) is 12.1 Å². The molecule has 0 aromatic heterocycles. The molecule has 1 aromatic rings. The summed E-state index contributed by atoms with van der Waals surface area (Å²) < 4.78 is 0. The van der Waals surface area contributed by atoms with Crippen LogP contribution < -0.4 is 0 Å². The van der Waals surface area contributed by atoms with E-state index in [-0.39, 0.29) is 6.61 Å². The summed E-state index contributed by atoms with van der Waals surface area (Å²) in [6.45, 7) is 5.83. The van der Waals surface area contributed by atoms with Crippen LogP contribution in [0.5, 0.6) is 0 Å². The molecule has 1 aliphatic rings. The number of piperidine rings is 1. The summed E-state index contributed by atoms with van der Waals surface area (Å²) in [4.78, 5) is 2.59. The monoisotopic (exact) mass is 233 g/mol. The van der Waals surface area contributed by atoms with E-state index in [4.69, 9.17) is 5.11 Å². The second kappa shape index (κ2) is 5.65. The Morgan fingerprint density at radius 1 is 1.06 bits per heavy atom. The van der Waals surface area contributed by atoms with Gasteiger partial charge in [-0.1, -0.05) is 30.7 Å². The van der Waals surface area contributed by atoms with Crippen molar-refractivity contribution < 1.29 is 5.11 Å². The highest BCUT2D eigenvalue weighted by Gasteiger charge is 2.24. The third kappa shape index (κ3) is 3.08. The third-order valence-electron chi connectivity index (χ3n) is 3.95. The van der Waals surface area contributed by atoms with Gasteiger partial charge in [-0.15, -0.1) is 0 Å². The predicted octanol–water partition coefficient (Wildman–Crippen LogP) is 2.94. The summed E-state index contributed by atoms with van der Waals surface area (Å²) in [7, 11) is 0. The standard InChI is InChI=1S/C15H23NO/c1-12-4-3-5-13(2)16(12)10-14-6-8-15(11-17)9-7-14/h6-9,12-13,17H,3-5,10-11H2,1-2H3. The second-order valence-corrected chi connectivity index (χ2v) is 5.28. The molecule has 2 atom stereocenters. The highest BCUT2D eigenvalue weighted by Crippen LogP contribution is 2.24. The van der Waals surface area contributed by atoms with E-state index in [1.54, 1.807) is 0 Å². The highest BCUT2D eigenvalue weighted by atomic mass is 16.3. The molecule has 1 fully saturated rings. The van der Waals surface area contributed by atoms with Crippen molar-refractivity contribution in [3.63, 3.8) is 0 Å². The zero-order valence-electron chi connectivity index (χ0n) is 10.9. The van der Waals surface area contributed by atoms with E-state index in [1.165, 1.54) is 24.8 Å². The quantitative estimate of drug-likeness (QED) is 0.867. The summed E-state index contributed by atoms with van der Waals surface area (Å²) in [6, 6.07) is 9.70. The molecule has 0 aliphatic carbocycles. The van der Waals surface area contributed by atoms with Gasteiger partial charge in [-0.05, 0) is 37.8 Å². The maximum atomic E-state index is 9.02. The van der Waals surface area contributed by atoms with Crippen molar-refractivity contribution in [3.05, 3.63) is 35.4 Å². The van der Waals surface area contributed by atoms with Crippen molar-refractivity contribution in [2.45, 2.75) is 58.3 Å². The minimum absolute atomic E-state index is 0.136. The van der Waals surface area contributed by atoms with Gasteiger partial charge in [0, 0.05) is 18.6 Å². The van der Waals surface area contributed by atoms with Crippen LogP contribution in [0.3, 0.4) is 0 Å². The van der Waals surface area contributed by atoms with E-state index >= 15 is 0 Å². The lowest BCUT2D eigenvalue weighted by molar-refractivity contribution is 0.0952. The first-order valence-corrected chi connectivity index (χ1v) is 6.65. The highest BCUT2D eigenvalue weighted by molar-refractivity contribution is 5.22. The first-order chi connectivity index (χ1) is 8.20. The average Bonchev–Trinajstić information content (AvgIpc) is 2.35. The number of aliphatic hydroxyl groups excluding tert-OH is 1. The van der Waals surface area contributed by atoms with Gasteiger partial charge in [0.25, 0.3) is 0 Å². The number of benzene rings is 1. The Morgan fingerprint density at radius 3 is 2.12 bits per heavy atom. The van der Waals surface area contributed by atoms with Gasteiger partial charge >= 0.3 is 0 Å². The Balaban J connectivity index is 2.03. The van der Waals surface area contributed by atoms with Crippen LogP contribution in [-0.2, 0) is 13.2 Å². The first kappa shape index (κ1) is 12.6. The van der Waals surface area contributed by atoms with Gasteiger partial charge < -0.3 is 5.11 Å². The van der Waals surface area contributed by atoms with Gasteiger partial charge in [-0.3, -0.25) is 4.90 Å². The fourth-order valence-electron chi connectivity index (χ4n) is 2.75. The Morgan fingerprint density at radius 2 is 1.59 bits per heavy atom. The summed E-state index contributed by atoms with van der Waals surface area (Å²) in [5.74, 6) is 0. The second-order valence-electron chi connectivity index (χ2n) is 5.28. The van der Waals surface area contributed by atoms with Crippen molar-refractivity contribution >= 4 is 0 Å². The van der Waals surface area contributed by atoms with Crippen LogP contribution in [0.1, 0.15) is 44.2 Å². The molecule has 0 radical (unpaired) electrons. The Kier molecular flexibility index (Phi) is 4.19. The molecule has 2 rings (SSSR count). The van der Waals surface area contributed by atoms with Crippen molar-refractivity contribution in [2.24, 2.45) is 0 Å². The molecule has 1 heterocycles. The number of nitrogens with zero attached hydrogens (tertiary/aromatic N) is 1. The van der Waals surface area contributed by atoms with Crippen molar-refractivity contribution in [1.29, 1.82) is 0 Å². The summed E-state index contributed by atoms with van der Waals surface area (Å²) in [5, 5.41) is 9.02. The van der Waals surface area contributed by atoms with Crippen LogP contribution in [-0.4, -0.2) is 22.1 Å². The van der Waals surface area contributed by atoms with E-state index in [9.17, 15) is 0 Å². The number of aliphatic hydroxyl groups is 1. The van der Waals surface area contributed by atoms with Crippen LogP contribution in [0.2, 0.25) is 0 Å². The van der Waals surface area contributed by atoms with Gasteiger partial charge in [0.1, 0.15) is 0 Å². The van der Waals surface area contributed by atoms with Crippen LogP contribution in [0.15, 0.2) is 24.3 Å². The molecule has 1 aromatic carbocycles. The lowest BCUT2D eigenvalue weighted by Crippen LogP contribution is -2.42. The van der Waals surface area contributed by atoms with Gasteiger partial charge in [0.05, 0.1) is 6.61 Å². The molecular formula is C15H23NO. The minimum atomic E-state index is 0.136. The SMILES string of the molecule is CC1CCCC(C)N1Cc1ccc(CO)cc1. The molecule has 2 unspecified atom stereocenters. The normalized spacial score (nSPS) is 26.1. The molecule has 1 aliphatic heterocycles. The van der Waals surface area contributed by atoms with Crippen molar-refractivity contribution in [3.8, 4) is 0 Å². The molecule has 2 nitrogen and oxygen atoms in total. The van der Waals surface area contributed by atoms with Crippen molar-refractivity contribution in [2.75, 3.05) is 0 Å². The molecule has 94 valence electrons. The topological polar surface area (TPSA) is 23.5 Å². The first-order valence-electron chi connectivity index (χ1n) is 6.65. The van der Waals surface area contributed by atoms with Crippen molar-refractivity contribution in [1.82, 2.24) is 4.90 Å². The lowest BCUT2D eigenvalue weighted by atomic mass is 9.96. The van der Waals surface area contributed by atoms with Gasteiger partial charge in [0.2, 0.25) is 0 Å². The van der Waals surface area contributed by atoms with Crippen LogP contribution in [0.4, 0.5) is 0 Å². The zero-order valence-corrected chi connectivity index (χ0v) is 10.9. The molecule has 2 heteroatoms. The van der Waals surface area contributed by atoms with Crippen LogP contribution in [0, 0.1) is 0 Å². The molecule has 1 N–H and O–H groups in total. The smallest absolute Gasteiger partial charge is 0.0681 e. The number of likely N-dealkylation sites (tertiary alicyclic amines) is 1. The van der Waals surface area contributed by atoms with E-state index in [0.717, 1.165) is 12.1 Å². The molecule has 0 amide bonds. The van der Waals surface area contributed by atoms with E-state index < -0.39 is 0 Å². The van der Waals surface area contributed by atoms with Crippen LogP contribution >= 0.6 is 0 Å². The van der Waals surface area contributed by atoms with Gasteiger partial charge in [0.15, 0.2) is 0 Å². The summed E-state index contributed by atoms with van der Waals surface area (Å²) in [5.41, 5.74) is 2.34. The van der Waals surface area contributed by atoms with E-state index in [2.05, 4.69) is 30.9 Å². The third-order valence-corrected chi connectivity index (χ3v) is 3.95. The van der Waals surface area contributed by atoms with E-state index in [1.807, 2.05) is 12.1 Å². The fraction of sp³-hybridized carbons (Fsp3) is 0.600. The Bertz CT molecular complexity index is 336.